The third-order valence-corrected chi connectivity index (χ3v) is 4.63. The van der Waals surface area contributed by atoms with Gasteiger partial charge in [0.05, 0.1) is 13.2 Å². The first kappa shape index (κ1) is 18.4. The number of carbonyl (C=O) groups excluding carboxylic acids is 1. The normalized spacial score (nSPS) is 17.1. The molecule has 1 aliphatic rings. The van der Waals surface area contributed by atoms with Gasteiger partial charge in [-0.25, -0.2) is 9.18 Å². The first-order chi connectivity index (χ1) is 12.7. The van der Waals surface area contributed by atoms with Crippen LogP contribution < -0.4 is 5.32 Å². The summed E-state index contributed by atoms with van der Waals surface area (Å²) in [5.74, 6) is 0.0958. The average Bonchev–Trinajstić information content (AvgIpc) is 2.68. The van der Waals surface area contributed by atoms with Crippen LogP contribution in [-0.4, -0.2) is 30.6 Å². The SMILES string of the molecule is O=C(NCc1ccc(F)cc1)N1CCCC(COCc2ccccc2)C1. The highest BCUT2D eigenvalue weighted by atomic mass is 19.1. The topological polar surface area (TPSA) is 41.6 Å². The Kier molecular flexibility index (Phi) is 6.61. The molecule has 2 amide bonds. The van der Waals surface area contributed by atoms with Crippen molar-refractivity contribution < 1.29 is 13.9 Å². The Bertz CT molecular complexity index is 691. The molecule has 138 valence electrons. The van der Waals surface area contributed by atoms with Gasteiger partial charge in [0.2, 0.25) is 0 Å². The van der Waals surface area contributed by atoms with Crippen molar-refractivity contribution in [3.8, 4) is 0 Å². The third kappa shape index (κ3) is 5.56. The smallest absolute Gasteiger partial charge is 0.317 e. The third-order valence-electron chi connectivity index (χ3n) is 4.63. The molecule has 1 fully saturated rings. The summed E-state index contributed by atoms with van der Waals surface area (Å²) in [6.07, 6.45) is 2.07. The number of amides is 2. The Hall–Kier alpha value is -2.40. The van der Waals surface area contributed by atoms with E-state index >= 15 is 0 Å². The molecule has 1 saturated heterocycles. The number of likely N-dealkylation sites (tertiary alicyclic amines) is 1. The predicted octanol–water partition coefficient (Wildman–Crippen LogP) is 3.96. The molecule has 2 aromatic rings. The lowest BCUT2D eigenvalue weighted by atomic mass is 9.99. The Balaban J connectivity index is 1.40. The van der Waals surface area contributed by atoms with Gasteiger partial charge < -0.3 is 15.0 Å². The summed E-state index contributed by atoms with van der Waals surface area (Å²) < 4.78 is 18.8. The van der Waals surface area contributed by atoms with E-state index in [0.29, 0.717) is 32.2 Å². The largest absolute Gasteiger partial charge is 0.376 e. The average molecular weight is 356 g/mol. The van der Waals surface area contributed by atoms with E-state index < -0.39 is 0 Å². The molecule has 3 rings (SSSR count). The number of carbonyl (C=O) groups is 1. The fourth-order valence-electron chi connectivity index (χ4n) is 3.19. The van der Waals surface area contributed by atoms with Crippen LogP contribution in [0.1, 0.15) is 24.0 Å². The number of nitrogens with one attached hydrogen (secondary N) is 1. The molecule has 1 heterocycles. The molecule has 0 aliphatic carbocycles. The standard InChI is InChI=1S/C21H25FN2O2/c22-20-10-8-17(9-11-20)13-23-21(25)24-12-4-7-19(14-24)16-26-15-18-5-2-1-3-6-18/h1-3,5-6,8-11,19H,4,7,12-16H2,(H,23,25). The number of rotatable bonds is 6. The fraction of sp³-hybridized carbons (Fsp3) is 0.381. The van der Waals surface area contributed by atoms with Crippen LogP contribution in [0.3, 0.4) is 0 Å². The van der Waals surface area contributed by atoms with Gasteiger partial charge in [-0.2, -0.15) is 0 Å². The van der Waals surface area contributed by atoms with Crippen molar-refractivity contribution in [3.63, 3.8) is 0 Å². The van der Waals surface area contributed by atoms with Gasteiger partial charge in [-0.15, -0.1) is 0 Å². The van der Waals surface area contributed by atoms with E-state index in [1.165, 1.54) is 12.1 Å². The van der Waals surface area contributed by atoms with Gasteiger partial charge >= 0.3 is 6.03 Å². The molecule has 0 radical (unpaired) electrons. The first-order valence-corrected chi connectivity index (χ1v) is 9.09. The summed E-state index contributed by atoms with van der Waals surface area (Å²) in [6, 6.07) is 16.2. The molecule has 1 N–H and O–H groups in total. The second-order valence-electron chi connectivity index (χ2n) is 6.74. The number of halogens is 1. The molecular weight excluding hydrogens is 331 g/mol. The molecule has 1 unspecified atom stereocenters. The second-order valence-corrected chi connectivity index (χ2v) is 6.74. The van der Waals surface area contributed by atoms with Crippen LogP contribution in [0.4, 0.5) is 9.18 Å². The monoisotopic (exact) mass is 356 g/mol. The van der Waals surface area contributed by atoms with Crippen molar-refractivity contribution >= 4 is 6.03 Å². The number of hydrogen-bond acceptors (Lipinski definition) is 2. The fourth-order valence-corrected chi connectivity index (χ4v) is 3.19. The Morgan fingerprint density at radius 1 is 1.12 bits per heavy atom. The van der Waals surface area contributed by atoms with Crippen molar-refractivity contribution in [2.24, 2.45) is 5.92 Å². The molecule has 1 aliphatic heterocycles. The maximum Gasteiger partial charge on any atom is 0.317 e. The van der Waals surface area contributed by atoms with Gasteiger partial charge in [-0.05, 0) is 36.1 Å². The van der Waals surface area contributed by atoms with Crippen molar-refractivity contribution in [2.45, 2.75) is 26.0 Å². The van der Waals surface area contributed by atoms with Crippen LogP contribution in [0.25, 0.3) is 0 Å². The minimum atomic E-state index is -0.269. The van der Waals surface area contributed by atoms with Crippen LogP contribution in [0.2, 0.25) is 0 Å². The van der Waals surface area contributed by atoms with Crippen LogP contribution in [0.15, 0.2) is 54.6 Å². The number of benzene rings is 2. The first-order valence-electron chi connectivity index (χ1n) is 9.09. The van der Waals surface area contributed by atoms with Gasteiger partial charge in [0.1, 0.15) is 5.82 Å². The number of urea groups is 1. The Morgan fingerprint density at radius 2 is 1.88 bits per heavy atom. The van der Waals surface area contributed by atoms with Crippen molar-refractivity contribution in [1.82, 2.24) is 10.2 Å². The number of piperidine rings is 1. The molecule has 4 nitrogen and oxygen atoms in total. The van der Waals surface area contributed by atoms with Gasteiger partial charge in [0, 0.05) is 25.6 Å². The highest BCUT2D eigenvalue weighted by Crippen LogP contribution is 2.17. The molecule has 1 atom stereocenters. The molecule has 5 heteroatoms. The molecular formula is C21H25FN2O2. The van der Waals surface area contributed by atoms with Crippen LogP contribution >= 0.6 is 0 Å². The maximum atomic E-state index is 12.9. The lowest BCUT2D eigenvalue weighted by Gasteiger charge is -2.32. The number of nitrogens with zero attached hydrogens (tertiary/aromatic N) is 1. The number of ether oxygens (including phenoxy) is 1. The molecule has 0 bridgehead atoms. The summed E-state index contributed by atoms with van der Waals surface area (Å²) >= 11 is 0. The zero-order valence-corrected chi connectivity index (χ0v) is 14.9. The summed E-state index contributed by atoms with van der Waals surface area (Å²) in [6.45, 7) is 3.16. The minimum Gasteiger partial charge on any atom is -0.376 e. The summed E-state index contributed by atoms with van der Waals surface area (Å²) in [5, 5.41) is 2.91. The van der Waals surface area contributed by atoms with E-state index in [4.69, 9.17) is 4.74 Å². The van der Waals surface area contributed by atoms with Crippen LogP contribution in [0.5, 0.6) is 0 Å². The lowest BCUT2D eigenvalue weighted by Crippen LogP contribution is -2.46. The predicted molar refractivity (Wildman–Crippen MR) is 99.0 cm³/mol. The summed E-state index contributed by atoms with van der Waals surface area (Å²) in [5.41, 5.74) is 2.05. The lowest BCUT2D eigenvalue weighted by molar-refractivity contribution is 0.0590. The maximum absolute atomic E-state index is 12.9. The van der Waals surface area contributed by atoms with E-state index in [2.05, 4.69) is 17.4 Å². The molecule has 0 aromatic heterocycles. The van der Waals surface area contributed by atoms with Crippen molar-refractivity contribution in [2.75, 3.05) is 19.7 Å². The highest BCUT2D eigenvalue weighted by molar-refractivity contribution is 5.74. The Morgan fingerprint density at radius 3 is 2.65 bits per heavy atom. The van der Waals surface area contributed by atoms with E-state index in [1.807, 2.05) is 23.1 Å². The van der Waals surface area contributed by atoms with Crippen molar-refractivity contribution in [1.29, 1.82) is 0 Å². The molecule has 0 saturated carbocycles. The summed E-state index contributed by atoms with van der Waals surface area (Å²) in [4.78, 5) is 14.2. The van der Waals surface area contributed by atoms with Gasteiger partial charge in [-0.1, -0.05) is 42.5 Å². The Labute approximate surface area is 154 Å². The van der Waals surface area contributed by atoms with Gasteiger partial charge in [0.15, 0.2) is 0 Å². The van der Waals surface area contributed by atoms with E-state index in [1.54, 1.807) is 12.1 Å². The summed E-state index contributed by atoms with van der Waals surface area (Å²) in [7, 11) is 0. The van der Waals surface area contributed by atoms with E-state index in [-0.39, 0.29) is 11.8 Å². The second kappa shape index (κ2) is 9.34. The van der Waals surface area contributed by atoms with Crippen LogP contribution in [-0.2, 0) is 17.9 Å². The van der Waals surface area contributed by atoms with E-state index in [9.17, 15) is 9.18 Å². The van der Waals surface area contributed by atoms with Gasteiger partial charge in [0.25, 0.3) is 0 Å². The van der Waals surface area contributed by atoms with Crippen molar-refractivity contribution in [3.05, 3.63) is 71.5 Å². The number of hydrogen-bond donors (Lipinski definition) is 1. The minimum absolute atomic E-state index is 0.0675. The van der Waals surface area contributed by atoms with Gasteiger partial charge in [-0.3, -0.25) is 0 Å². The molecule has 0 spiro atoms. The van der Waals surface area contributed by atoms with E-state index in [0.717, 1.165) is 30.5 Å². The molecule has 2 aromatic carbocycles. The van der Waals surface area contributed by atoms with Crippen LogP contribution in [0, 0.1) is 11.7 Å². The zero-order valence-electron chi connectivity index (χ0n) is 14.9. The quantitative estimate of drug-likeness (QED) is 0.851. The zero-order chi connectivity index (χ0) is 18.2. The highest BCUT2D eigenvalue weighted by Gasteiger charge is 2.23. The molecule has 26 heavy (non-hydrogen) atoms.